The molecule has 0 saturated heterocycles. The van der Waals surface area contributed by atoms with Crippen LogP contribution in [0.4, 0.5) is 0 Å². The number of nitrogens with two attached hydrogens (primary N) is 1. The highest BCUT2D eigenvalue weighted by atomic mass is 79.9. The van der Waals surface area contributed by atoms with Gasteiger partial charge in [0.2, 0.25) is 0 Å². The number of halogens is 1. The summed E-state index contributed by atoms with van der Waals surface area (Å²) < 4.78 is -0.440. The Morgan fingerprint density at radius 2 is 1.93 bits per heavy atom. The number of hydrogen-bond acceptors (Lipinski definition) is 2. The average molecular weight is 282 g/mol. The first-order chi connectivity index (χ1) is 7.08. The predicted octanol–water partition coefficient (Wildman–Crippen LogP) is 3.34. The van der Waals surface area contributed by atoms with E-state index in [-0.39, 0.29) is 0 Å². The van der Waals surface area contributed by atoms with Gasteiger partial charge in [-0.3, -0.25) is 0 Å². The van der Waals surface area contributed by atoms with Gasteiger partial charge in [-0.05, 0) is 17.2 Å². The van der Waals surface area contributed by atoms with Gasteiger partial charge in [-0.15, -0.1) is 12.6 Å². The Morgan fingerprint density at radius 1 is 1.27 bits per heavy atom. The summed E-state index contributed by atoms with van der Waals surface area (Å²) in [6, 6.07) is 10.2. The SMILES string of the molecule is NC1(Br)C=CC(S)=C(c2ccccc2)C1. The highest BCUT2D eigenvalue weighted by Crippen LogP contribution is 2.36. The lowest BCUT2D eigenvalue weighted by Gasteiger charge is -2.25. The van der Waals surface area contributed by atoms with E-state index in [1.165, 1.54) is 11.1 Å². The van der Waals surface area contributed by atoms with Crippen molar-refractivity contribution in [3.05, 3.63) is 53.0 Å². The van der Waals surface area contributed by atoms with E-state index in [0.29, 0.717) is 0 Å². The number of thiol groups is 1. The van der Waals surface area contributed by atoms with Crippen LogP contribution in [0.15, 0.2) is 47.4 Å². The lowest BCUT2D eigenvalue weighted by Crippen LogP contribution is -2.31. The third-order valence-electron chi connectivity index (χ3n) is 2.40. The largest absolute Gasteiger partial charge is 0.313 e. The Morgan fingerprint density at radius 3 is 2.60 bits per heavy atom. The highest BCUT2D eigenvalue weighted by Gasteiger charge is 2.24. The minimum Gasteiger partial charge on any atom is -0.313 e. The first kappa shape index (κ1) is 11.0. The van der Waals surface area contributed by atoms with Crippen LogP contribution in [0.3, 0.4) is 0 Å². The fraction of sp³-hybridized carbons (Fsp3) is 0.167. The van der Waals surface area contributed by atoms with E-state index >= 15 is 0 Å². The molecule has 2 rings (SSSR count). The summed E-state index contributed by atoms with van der Waals surface area (Å²) in [5, 5.41) is 0. The Bertz CT molecular complexity index is 421. The van der Waals surface area contributed by atoms with Crippen molar-refractivity contribution in [3.63, 3.8) is 0 Å². The molecule has 0 aliphatic heterocycles. The molecule has 0 radical (unpaired) electrons. The monoisotopic (exact) mass is 281 g/mol. The van der Waals surface area contributed by atoms with Crippen LogP contribution in [-0.2, 0) is 0 Å². The molecule has 0 saturated carbocycles. The zero-order valence-corrected chi connectivity index (χ0v) is 10.6. The second kappa shape index (κ2) is 4.16. The minimum absolute atomic E-state index is 0.440. The molecule has 1 unspecified atom stereocenters. The van der Waals surface area contributed by atoms with Crippen LogP contribution < -0.4 is 5.73 Å². The van der Waals surface area contributed by atoms with Crippen molar-refractivity contribution in [2.75, 3.05) is 0 Å². The molecule has 78 valence electrons. The second-order valence-electron chi connectivity index (χ2n) is 3.67. The summed E-state index contributed by atoms with van der Waals surface area (Å²) in [6.07, 6.45) is 4.64. The molecule has 1 nitrogen and oxygen atoms in total. The first-order valence-corrected chi connectivity index (χ1v) is 5.97. The van der Waals surface area contributed by atoms with Crippen molar-refractivity contribution in [2.24, 2.45) is 5.73 Å². The second-order valence-corrected chi connectivity index (χ2v) is 5.62. The molecule has 0 bridgehead atoms. The Kier molecular flexibility index (Phi) is 3.05. The molecule has 1 aliphatic carbocycles. The van der Waals surface area contributed by atoms with Gasteiger partial charge in [0.1, 0.15) is 0 Å². The summed E-state index contributed by atoms with van der Waals surface area (Å²) >= 11 is 7.94. The van der Waals surface area contributed by atoms with E-state index in [1.54, 1.807) is 0 Å². The van der Waals surface area contributed by atoms with Crippen molar-refractivity contribution >= 4 is 34.1 Å². The van der Waals surface area contributed by atoms with E-state index in [9.17, 15) is 0 Å². The summed E-state index contributed by atoms with van der Waals surface area (Å²) in [4.78, 5) is 0.988. The number of rotatable bonds is 1. The molecule has 0 fully saturated rings. The quantitative estimate of drug-likeness (QED) is 0.461. The maximum Gasteiger partial charge on any atom is 0.0947 e. The van der Waals surface area contributed by atoms with Crippen LogP contribution in [0.2, 0.25) is 0 Å². The Balaban J connectivity index is 2.41. The summed E-state index contributed by atoms with van der Waals surface area (Å²) in [6.45, 7) is 0. The average Bonchev–Trinajstić information content (AvgIpc) is 2.23. The van der Waals surface area contributed by atoms with Crippen molar-refractivity contribution in [3.8, 4) is 0 Å². The van der Waals surface area contributed by atoms with E-state index in [2.05, 4.69) is 40.7 Å². The van der Waals surface area contributed by atoms with Crippen LogP contribution in [-0.4, -0.2) is 4.45 Å². The molecule has 1 aliphatic rings. The van der Waals surface area contributed by atoms with Crippen LogP contribution >= 0.6 is 28.6 Å². The normalized spacial score (nSPS) is 25.8. The summed E-state index contributed by atoms with van der Waals surface area (Å²) in [5.74, 6) is 0. The van der Waals surface area contributed by atoms with E-state index in [1.807, 2.05) is 30.4 Å². The third kappa shape index (κ3) is 2.54. The van der Waals surface area contributed by atoms with E-state index in [0.717, 1.165) is 11.3 Å². The zero-order valence-electron chi connectivity index (χ0n) is 8.15. The van der Waals surface area contributed by atoms with Gasteiger partial charge in [0.15, 0.2) is 0 Å². The summed E-state index contributed by atoms with van der Waals surface area (Å²) in [5.41, 5.74) is 8.39. The maximum absolute atomic E-state index is 6.03. The van der Waals surface area contributed by atoms with Crippen LogP contribution in [0, 0.1) is 0 Å². The topological polar surface area (TPSA) is 26.0 Å². The highest BCUT2D eigenvalue weighted by molar-refractivity contribution is 9.10. The molecular weight excluding hydrogens is 270 g/mol. The summed E-state index contributed by atoms with van der Waals surface area (Å²) in [7, 11) is 0. The van der Waals surface area contributed by atoms with Gasteiger partial charge in [0.25, 0.3) is 0 Å². The molecule has 2 N–H and O–H groups in total. The zero-order chi connectivity index (χ0) is 10.9. The smallest absolute Gasteiger partial charge is 0.0947 e. The molecule has 3 heteroatoms. The molecule has 0 spiro atoms. The van der Waals surface area contributed by atoms with Gasteiger partial charge in [0, 0.05) is 11.3 Å². The molecule has 0 amide bonds. The van der Waals surface area contributed by atoms with Crippen molar-refractivity contribution in [1.29, 1.82) is 0 Å². The van der Waals surface area contributed by atoms with Crippen LogP contribution in [0.1, 0.15) is 12.0 Å². The fourth-order valence-electron chi connectivity index (χ4n) is 1.63. The molecule has 0 heterocycles. The van der Waals surface area contributed by atoms with Gasteiger partial charge in [-0.25, -0.2) is 0 Å². The first-order valence-electron chi connectivity index (χ1n) is 4.73. The Labute approximate surface area is 104 Å². The lowest BCUT2D eigenvalue weighted by molar-refractivity contribution is 0.785. The fourth-order valence-corrected chi connectivity index (χ4v) is 2.32. The Hall–Kier alpha value is -0.510. The van der Waals surface area contributed by atoms with Gasteiger partial charge in [-0.2, -0.15) is 0 Å². The number of benzene rings is 1. The van der Waals surface area contributed by atoms with Crippen molar-refractivity contribution < 1.29 is 0 Å². The number of allylic oxidation sites excluding steroid dienone is 1. The van der Waals surface area contributed by atoms with Crippen molar-refractivity contribution in [1.82, 2.24) is 0 Å². The van der Waals surface area contributed by atoms with Gasteiger partial charge < -0.3 is 5.73 Å². The van der Waals surface area contributed by atoms with E-state index < -0.39 is 4.45 Å². The molecule has 1 aromatic carbocycles. The molecule has 1 atom stereocenters. The lowest BCUT2D eigenvalue weighted by atomic mass is 9.94. The molecule has 1 aromatic rings. The van der Waals surface area contributed by atoms with Crippen LogP contribution in [0.25, 0.3) is 5.57 Å². The number of hydrogen-bond donors (Lipinski definition) is 2. The standard InChI is InChI=1S/C12H12BrNS/c13-12(14)7-6-11(15)10(8-12)9-4-2-1-3-5-9/h1-7,15H,8,14H2. The molecular formula is C12H12BrNS. The predicted molar refractivity (Wildman–Crippen MR) is 72.0 cm³/mol. The minimum atomic E-state index is -0.440. The van der Waals surface area contributed by atoms with E-state index in [4.69, 9.17) is 5.73 Å². The number of alkyl halides is 1. The van der Waals surface area contributed by atoms with Gasteiger partial charge in [0.05, 0.1) is 4.45 Å². The molecule has 0 aromatic heterocycles. The molecule has 15 heavy (non-hydrogen) atoms. The van der Waals surface area contributed by atoms with Gasteiger partial charge in [-0.1, -0.05) is 52.3 Å². The van der Waals surface area contributed by atoms with Crippen LogP contribution in [0.5, 0.6) is 0 Å². The third-order valence-corrected chi connectivity index (χ3v) is 3.36. The van der Waals surface area contributed by atoms with Crippen molar-refractivity contribution in [2.45, 2.75) is 10.9 Å². The maximum atomic E-state index is 6.03. The van der Waals surface area contributed by atoms with Gasteiger partial charge >= 0.3 is 0 Å².